The second-order valence-electron chi connectivity index (χ2n) is 10.2. The summed E-state index contributed by atoms with van der Waals surface area (Å²) in [6.45, 7) is 3.89. The average molecular weight is 510 g/mol. The van der Waals surface area contributed by atoms with Crippen LogP contribution in [0.25, 0.3) is 10.9 Å². The lowest BCUT2D eigenvalue weighted by atomic mass is 9.79. The van der Waals surface area contributed by atoms with Gasteiger partial charge in [0.1, 0.15) is 6.04 Å². The number of aromatic amines is 1. The molecule has 0 spiro atoms. The first-order valence-corrected chi connectivity index (χ1v) is 12.8. The van der Waals surface area contributed by atoms with E-state index in [-0.39, 0.29) is 24.2 Å². The van der Waals surface area contributed by atoms with Gasteiger partial charge in [0.05, 0.1) is 0 Å². The normalized spacial score (nSPS) is 18.5. The maximum Gasteiger partial charge on any atom is 0.252 e. The number of nitrogens with zero attached hydrogens (tertiary/aromatic N) is 3. The van der Waals surface area contributed by atoms with Crippen LogP contribution in [0.15, 0.2) is 55.0 Å². The quantitative estimate of drug-likeness (QED) is 0.528. The number of hydrogen-bond donors (Lipinski definition) is 2. The predicted octanol–water partition coefficient (Wildman–Crippen LogP) is 3.91. The lowest BCUT2D eigenvalue weighted by molar-refractivity contribution is -0.135. The Kier molecular flexibility index (Phi) is 8.64. The summed E-state index contributed by atoms with van der Waals surface area (Å²) >= 11 is 0. The third-order valence-corrected chi connectivity index (χ3v) is 7.86. The second-order valence-corrected chi connectivity index (χ2v) is 10.2. The van der Waals surface area contributed by atoms with Gasteiger partial charge in [0.25, 0.3) is 5.91 Å². The molecule has 0 saturated carbocycles. The molecule has 0 unspecified atom stereocenters. The summed E-state index contributed by atoms with van der Waals surface area (Å²) in [5.74, 6) is 1.25. The van der Waals surface area contributed by atoms with Crippen molar-refractivity contribution in [2.24, 2.45) is 11.8 Å². The van der Waals surface area contributed by atoms with Gasteiger partial charge in [-0.25, -0.2) is 0 Å². The molecule has 2 fully saturated rings. The van der Waals surface area contributed by atoms with Crippen molar-refractivity contribution in [3.63, 3.8) is 0 Å². The fourth-order valence-corrected chi connectivity index (χ4v) is 5.70. The van der Waals surface area contributed by atoms with Crippen LogP contribution in [0.3, 0.4) is 0 Å². The summed E-state index contributed by atoms with van der Waals surface area (Å²) < 4.78 is 0. The van der Waals surface area contributed by atoms with Crippen molar-refractivity contribution in [1.29, 1.82) is 0 Å². The van der Waals surface area contributed by atoms with E-state index in [4.69, 9.17) is 0 Å². The summed E-state index contributed by atoms with van der Waals surface area (Å²) in [4.78, 5) is 38.5. The Bertz CT molecular complexity index is 1150. The molecule has 2 aliphatic heterocycles. The molecular weight excluding hydrogens is 474 g/mol. The molecule has 0 bridgehead atoms. The highest BCUT2D eigenvalue weighted by Gasteiger charge is 2.33. The van der Waals surface area contributed by atoms with Crippen molar-refractivity contribution in [2.75, 3.05) is 33.2 Å². The van der Waals surface area contributed by atoms with Crippen LogP contribution in [-0.2, 0) is 11.2 Å². The van der Waals surface area contributed by atoms with Gasteiger partial charge in [0.15, 0.2) is 0 Å². The Hall–Kier alpha value is -2.90. The molecular formula is C28H36ClN5O2. The molecule has 1 aromatic carbocycles. The van der Waals surface area contributed by atoms with Gasteiger partial charge in [0, 0.05) is 49.2 Å². The Morgan fingerprint density at radius 3 is 2.47 bits per heavy atom. The second kappa shape index (κ2) is 11.9. The number of carbonyl (C=O) groups excluding carboxylic acids is 2. The molecule has 36 heavy (non-hydrogen) atoms. The molecule has 7 nitrogen and oxygen atoms in total. The summed E-state index contributed by atoms with van der Waals surface area (Å²) in [5.41, 5.74) is 2.39. The van der Waals surface area contributed by atoms with E-state index in [1.807, 2.05) is 47.5 Å². The molecule has 2 saturated heterocycles. The number of pyridine rings is 1. The largest absolute Gasteiger partial charge is 0.361 e. The number of rotatable bonds is 6. The molecule has 2 aromatic heterocycles. The van der Waals surface area contributed by atoms with E-state index >= 15 is 0 Å². The van der Waals surface area contributed by atoms with Crippen molar-refractivity contribution in [1.82, 2.24) is 25.1 Å². The maximum absolute atomic E-state index is 13.6. The predicted molar refractivity (Wildman–Crippen MR) is 144 cm³/mol. The molecule has 4 heterocycles. The van der Waals surface area contributed by atoms with Gasteiger partial charge in [-0.15, -0.1) is 12.4 Å². The number of likely N-dealkylation sites (tertiary alicyclic amines) is 2. The minimum atomic E-state index is -0.620. The van der Waals surface area contributed by atoms with Crippen LogP contribution < -0.4 is 5.32 Å². The van der Waals surface area contributed by atoms with Crippen LogP contribution in [0.5, 0.6) is 0 Å². The number of nitrogens with one attached hydrogen (secondary N) is 2. The number of H-pyrrole nitrogens is 1. The Morgan fingerprint density at radius 1 is 1.06 bits per heavy atom. The topological polar surface area (TPSA) is 81.3 Å². The zero-order valence-electron chi connectivity index (χ0n) is 20.9. The number of halogens is 1. The van der Waals surface area contributed by atoms with E-state index in [2.05, 4.69) is 27.2 Å². The first-order chi connectivity index (χ1) is 17.1. The zero-order valence-corrected chi connectivity index (χ0v) is 21.7. The molecule has 8 heteroatoms. The van der Waals surface area contributed by atoms with E-state index in [1.54, 1.807) is 12.4 Å². The third-order valence-electron chi connectivity index (χ3n) is 7.86. The van der Waals surface area contributed by atoms with Gasteiger partial charge in [-0.05, 0) is 92.9 Å². The highest BCUT2D eigenvalue weighted by atomic mass is 35.5. The Balaban J connectivity index is 0.00000304. The Morgan fingerprint density at radius 2 is 1.78 bits per heavy atom. The van der Waals surface area contributed by atoms with E-state index in [1.165, 1.54) is 25.9 Å². The highest BCUT2D eigenvalue weighted by molar-refractivity contribution is 6.00. The van der Waals surface area contributed by atoms with E-state index in [0.29, 0.717) is 17.9 Å². The molecule has 192 valence electrons. The first kappa shape index (κ1) is 26.2. The summed E-state index contributed by atoms with van der Waals surface area (Å²) in [5, 5.41) is 4.09. The fourth-order valence-electron chi connectivity index (χ4n) is 5.70. The van der Waals surface area contributed by atoms with Gasteiger partial charge in [-0.1, -0.05) is 12.1 Å². The number of piperidine rings is 2. The van der Waals surface area contributed by atoms with E-state index < -0.39 is 6.04 Å². The molecule has 3 aromatic rings. The minimum Gasteiger partial charge on any atom is -0.361 e. The number of hydrogen-bond acceptors (Lipinski definition) is 4. The van der Waals surface area contributed by atoms with Gasteiger partial charge in [-0.3, -0.25) is 14.6 Å². The number of benzene rings is 1. The van der Waals surface area contributed by atoms with Crippen LogP contribution in [0.4, 0.5) is 0 Å². The lowest BCUT2D eigenvalue weighted by Crippen LogP contribution is -2.52. The van der Waals surface area contributed by atoms with Crippen LogP contribution >= 0.6 is 12.4 Å². The molecule has 1 atom stereocenters. The van der Waals surface area contributed by atoms with Crippen molar-refractivity contribution in [3.05, 3.63) is 66.1 Å². The van der Waals surface area contributed by atoms with Gasteiger partial charge in [-0.2, -0.15) is 0 Å². The molecule has 2 N–H and O–H groups in total. The van der Waals surface area contributed by atoms with Crippen molar-refractivity contribution >= 4 is 35.1 Å². The van der Waals surface area contributed by atoms with E-state index in [9.17, 15) is 9.59 Å². The number of aromatic nitrogens is 2. The monoisotopic (exact) mass is 509 g/mol. The summed E-state index contributed by atoms with van der Waals surface area (Å²) in [7, 11) is 2.20. The minimum absolute atomic E-state index is 0. The SMILES string of the molecule is CN1CCC(C2CCN(C(=O)[C@@H](Cc3cccnc3)NC(=O)c3ccc4cc[nH]c4c3)CC2)CC1.Cl. The van der Waals surface area contributed by atoms with Crippen LogP contribution in [0, 0.1) is 11.8 Å². The van der Waals surface area contributed by atoms with Gasteiger partial charge >= 0.3 is 0 Å². The summed E-state index contributed by atoms with van der Waals surface area (Å²) in [6.07, 6.45) is 10.4. The van der Waals surface area contributed by atoms with Crippen molar-refractivity contribution in [3.8, 4) is 0 Å². The van der Waals surface area contributed by atoms with Crippen molar-refractivity contribution in [2.45, 2.75) is 38.1 Å². The number of carbonyl (C=O) groups is 2. The number of fused-ring (bicyclic) bond motifs is 1. The summed E-state index contributed by atoms with van der Waals surface area (Å²) in [6, 6.07) is 10.7. The molecule has 2 amide bonds. The maximum atomic E-state index is 13.6. The van der Waals surface area contributed by atoms with Gasteiger partial charge < -0.3 is 20.1 Å². The highest BCUT2D eigenvalue weighted by Crippen LogP contribution is 2.32. The van der Waals surface area contributed by atoms with Crippen LogP contribution in [-0.4, -0.2) is 70.9 Å². The molecule has 2 aliphatic rings. The van der Waals surface area contributed by atoms with Crippen LogP contribution in [0.2, 0.25) is 0 Å². The standard InChI is InChI=1S/C28H35N5O2.ClH/c1-32-13-7-21(8-14-32)22-9-15-33(16-10-22)28(35)26(17-20-3-2-11-29-19-20)31-27(34)24-5-4-23-6-12-30-25(23)18-24;/h2-6,11-12,18-19,21-22,26,30H,7-10,13-17H2,1H3,(H,31,34);1H/t26-;/m1./s1. The molecule has 0 radical (unpaired) electrons. The lowest BCUT2D eigenvalue weighted by Gasteiger charge is -2.40. The van der Waals surface area contributed by atoms with Crippen molar-refractivity contribution < 1.29 is 9.59 Å². The molecule has 0 aliphatic carbocycles. The van der Waals surface area contributed by atoms with Crippen LogP contribution in [0.1, 0.15) is 41.6 Å². The third kappa shape index (κ3) is 6.08. The Labute approximate surface area is 219 Å². The van der Waals surface area contributed by atoms with E-state index in [0.717, 1.165) is 48.3 Å². The smallest absolute Gasteiger partial charge is 0.252 e. The molecule has 5 rings (SSSR count). The number of amides is 2. The average Bonchev–Trinajstić information content (AvgIpc) is 3.37. The zero-order chi connectivity index (χ0) is 24.2. The first-order valence-electron chi connectivity index (χ1n) is 12.8. The fraction of sp³-hybridized carbons (Fsp3) is 0.464. The van der Waals surface area contributed by atoms with Gasteiger partial charge in [0.2, 0.25) is 5.91 Å².